The Hall–Kier alpha value is -2.52. The number of aromatic nitrogens is 2. The van der Waals surface area contributed by atoms with E-state index in [2.05, 4.69) is 10.3 Å². The number of nitriles is 1. The highest BCUT2D eigenvalue weighted by Gasteiger charge is 2.30. The molecule has 1 N–H and O–H groups in total. The Bertz CT molecular complexity index is 763. The predicted octanol–water partition coefficient (Wildman–Crippen LogP) is 1.88. The van der Waals surface area contributed by atoms with Crippen LogP contribution in [-0.4, -0.2) is 36.1 Å². The third-order valence-corrected chi connectivity index (χ3v) is 4.19. The maximum Gasteiger partial charge on any atom is 0.329 e. The van der Waals surface area contributed by atoms with Crippen LogP contribution in [0, 0.1) is 11.3 Å². The number of fused-ring (bicyclic) bond motifs is 1. The van der Waals surface area contributed by atoms with Gasteiger partial charge in [-0.2, -0.15) is 5.26 Å². The molecule has 1 aromatic carbocycles. The number of carbonyl (C=O) groups excluding carboxylic acids is 1. The third-order valence-electron chi connectivity index (χ3n) is 4.19. The number of nitrogens with zero attached hydrogens (tertiary/aromatic N) is 3. The Morgan fingerprint density at radius 1 is 1.30 bits per heavy atom. The zero-order chi connectivity index (χ0) is 16.2. The fourth-order valence-electron chi connectivity index (χ4n) is 2.98. The molecule has 1 aliphatic rings. The third kappa shape index (κ3) is 3.01. The molecule has 1 aliphatic heterocycles. The van der Waals surface area contributed by atoms with Crippen LogP contribution in [0.4, 0.5) is 0 Å². The normalized spacial score (nSPS) is 16.7. The van der Waals surface area contributed by atoms with Gasteiger partial charge < -0.3 is 10.1 Å². The number of hydrogen-bond donors (Lipinski definition) is 1. The molecular formula is C17H18N4O2. The molecule has 1 aromatic heterocycles. The van der Waals surface area contributed by atoms with E-state index in [1.54, 1.807) is 0 Å². The van der Waals surface area contributed by atoms with Crippen molar-refractivity contribution < 1.29 is 9.53 Å². The number of piperidine rings is 1. The lowest BCUT2D eigenvalue weighted by atomic mass is 9.89. The van der Waals surface area contributed by atoms with Crippen molar-refractivity contribution >= 4 is 17.0 Å². The van der Waals surface area contributed by atoms with Gasteiger partial charge in [-0.05, 0) is 38.1 Å². The number of carbonyl (C=O) groups is 1. The van der Waals surface area contributed by atoms with Gasteiger partial charge in [0.2, 0.25) is 0 Å². The zero-order valence-electron chi connectivity index (χ0n) is 13.0. The number of ether oxygens (including phenoxy) is 1. The van der Waals surface area contributed by atoms with Gasteiger partial charge >= 0.3 is 5.97 Å². The van der Waals surface area contributed by atoms with Crippen LogP contribution in [0.5, 0.6) is 0 Å². The molecule has 1 saturated heterocycles. The van der Waals surface area contributed by atoms with Gasteiger partial charge in [-0.25, -0.2) is 9.97 Å². The van der Waals surface area contributed by atoms with E-state index in [-0.39, 0.29) is 5.92 Å². The second-order valence-electron chi connectivity index (χ2n) is 5.59. The second kappa shape index (κ2) is 6.71. The highest BCUT2D eigenvalue weighted by molar-refractivity contribution is 5.82. The summed E-state index contributed by atoms with van der Waals surface area (Å²) in [6.07, 6.45) is 1.83. The number of hydrogen-bond acceptors (Lipinski definition) is 6. The minimum Gasteiger partial charge on any atom is -0.468 e. The van der Waals surface area contributed by atoms with Crippen molar-refractivity contribution in [3.63, 3.8) is 0 Å². The quantitative estimate of drug-likeness (QED) is 0.871. The molecular weight excluding hydrogens is 292 g/mol. The lowest BCUT2D eigenvalue weighted by Gasteiger charge is -2.24. The number of para-hydroxylation sites is 2. The van der Waals surface area contributed by atoms with Crippen LogP contribution < -0.4 is 5.32 Å². The molecule has 2 aromatic rings. The van der Waals surface area contributed by atoms with Gasteiger partial charge in [0.25, 0.3) is 0 Å². The van der Waals surface area contributed by atoms with E-state index < -0.39 is 11.9 Å². The maximum atomic E-state index is 12.0. The number of rotatable bonds is 3. The first-order valence-electron chi connectivity index (χ1n) is 7.69. The largest absolute Gasteiger partial charge is 0.468 e. The highest BCUT2D eigenvalue weighted by atomic mass is 16.5. The van der Waals surface area contributed by atoms with Crippen molar-refractivity contribution in [2.45, 2.75) is 24.7 Å². The molecule has 6 heteroatoms. The SMILES string of the molecule is COC(=O)[C@H](C#N)c1nc2ccccc2nc1C1CCNCC1. The van der Waals surface area contributed by atoms with Gasteiger partial charge in [-0.3, -0.25) is 4.79 Å². The van der Waals surface area contributed by atoms with Gasteiger partial charge in [-0.1, -0.05) is 12.1 Å². The van der Waals surface area contributed by atoms with Crippen LogP contribution in [0.1, 0.15) is 36.1 Å². The molecule has 23 heavy (non-hydrogen) atoms. The van der Waals surface area contributed by atoms with Crippen molar-refractivity contribution in [3.8, 4) is 6.07 Å². The molecule has 0 unspecified atom stereocenters. The molecule has 0 amide bonds. The van der Waals surface area contributed by atoms with Crippen molar-refractivity contribution in [2.75, 3.05) is 20.2 Å². The highest BCUT2D eigenvalue weighted by Crippen LogP contribution is 2.31. The Balaban J connectivity index is 2.15. The van der Waals surface area contributed by atoms with Crippen LogP contribution in [0.25, 0.3) is 11.0 Å². The van der Waals surface area contributed by atoms with Crippen molar-refractivity contribution in [1.82, 2.24) is 15.3 Å². The van der Waals surface area contributed by atoms with E-state index >= 15 is 0 Å². The molecule has 0 spiro atoms. The summed E-state index contributed by atoms with van der Waals surface area (Å²) in [6, 6.07) is 9.53. The van der Waals surface area contributed by atoms with Crippen LogP contribution in [0.15, 0.2) is 24.3 Å². The van der Waals surface area contributed by atoms with Crippen LogP contribution in [0.3, 0.4) is 0 Å². The molecule has 1 atom stereocenters. The monoisotopic (exact) mass is 310 g/mol. The molecule has 118 valence electrons. The van der Waals surface area contributed by atoms with E-state index in [0.717, 1.165) is 37.1 Å². The summed E-state index contributed by atoms with van der Waals surface area (Å²) in [5.41, 5.74) is 2.66. The van der Waals surface area contributed by atoms with E-state index in [1.165, 1.54) is 7.11 Å². The number of nitrogens with one attached hydrogen (secondary N) is 1. The fourth-order valence-corrected chi connectivity index (χ4v) is 2.98. The summed E-state index contributed by atoms with van der Waals surface area (Å²) < 4.78 is 4.77. The minimum absolute atomic E-state index is 0.198. The molecule has 0 aliphatic carbocycles. The van der Waals surface area contributed by atoms with E-state index in [0.29, 0.717) is 11.2 Å². The number of esters is 1. The summed E-state index contributed by atoms with van der Waals surface area (Å²) in [7, 11) is 1.28. The van der Waals surface area contributed by atoms with Gasteiger partial charge in [0.05, 0.1) is 35.6 Å². The van der Waals surface area contributed by atoms with Gasteiger partial charge in [0, 0.05) is 5.92 Å². The molecule has 1 fully saturated rings. The molecule has 0 bridgehead atoms. The summed E-state index contributed by atoms with van der Waals surface area (Å²) >= 11 is 0. The first-order chi connectivity index (χ1) is 11.2. The van der Waals surface area contributed by atoms with Crippen molar-refractivity contribution in [1.29, 1.82) is 5.26 Å². The van der Waals surface area contributed by atoms with E-state index in [4.69, 9.17) is 9.72 Å². The smallest absolute Gasteiger partial charge is 0.329 e. The fraction of sp³-hybridized carbons (Fsp3) is 0.412. The second-order valence-corrected chi connectivity index (χ2v) is 5.59. The van der Waals surface area contributed by atoms with Crippen molar-refractivity contribution in [3.05, 3.63) is 35.7 Å². The molecule has 3 rings (SSSR count). The zero-order valence-corrected chi connectivity index (χ0v) is 13.0. The van der Waals surface area contributed by atoms with Gasteiger partial charge in [-0.15, -0.1) is 0 Å². The summed E-state index contributed by atoms with van der Waals surface area (Å²) in [5, 5.41) is 12.8. The van der Waals surface area contributed by atoms with Crippen LogP contribution in [-0.2, 0) is 9.53 Å². The van der Waals surface area contributed by atoms with Crippen LogP contribution in [0.2, 0.25) is 0 Å². The lowest BCUT2D eigenvalue weighted by Crippen LogP contribution is -2.28. The molecule has 6 nitrogen and oxygen atoms in total. The van der Waals surface area contributed by atoms with Crippen LogP contribution >= 0.6 is 0 Å². The Morgan fingerprint density at radius 2 is 1.96 bits per heavy atom. The molecule has 0 radical (unpaired) electrons. The minimum atomic E-state index is -1.04. The Morgan fingerprint density at radius 3 is 2.57 bits per heavy atom. The lowest BCUT2D eigenvalue weighted by molar-refractivity contribution is -0.141. The standard InChI is InChI=1S/C17H18N4O2/c1-23-17(22)12(10-18)16-15(11-6-8-19-9-7-11)20-13-4-2-3-5-14(13)21-16/h2-5,11-12,19H,6-9H2,1H3/t12-/m1/s1. The maximum absolute atomic E-state index is 12.0. The summed E-state index contributed by atoms with van der Waals surface area (Å²) in [4.78, 5) is 21.3. The predicted molar refractivity (Wildman–Crippen MR) is 84.8 cm³/mol. The van der Waals surface area contributed by atoms with Gasteiger partial charge in [0.1, 0.15) is 0 Å². The van der Waals surface area contributed by atoms with Crippen molar-refractivity contribution in [2.24, 2.45) is 0 Å². The summed E-state index contributed by atoms with van der Waals surface area (Å²) in [5.74, 6) is -1.43. The average molecular weight is 310 g/mol. The number of benzene rings is 1. The Kier molecular flexibility index (Phi) is 4.49. The Labute approximate surface area is 134 Å². The molecule has 2 heterocycles. The van der Waals surface area contributed by atoms with E-state index in [1.807, 2.05) is 30.3 Å². The average Bonchev–Trinajstić information content (AvgIpc) is 2.62. The number of methoxy groups -OCH3 is 1. The first kappa shape index (κ1) is 15.4. The topological polar surface area (TPSA) is 87.9 Å². The summed E-state index contributed by atoms with van der Waals surface area (Å²) in [6.45, 7) is 1.79. The first-order valence-corrected chi connectivity index (χ1v) is 7.69. The molecule has 0 saturated carbocycles. The van der Waals surface area contributed by atoms with Gasteiger partial charge in [0.15, 0.2) is 5.92 Å². The van der Waals surface area contributed by atoms with E-state index in [9.17, 15) is 10.1 Å².